The largest absolute Gasteiger partial charge is 0.454 e. The minimum atomic E-state index is -0.00218. The molecule has 1 aliphatic heterocycles. The maximum atomic E-state index is 12.1. The van der Waals surface area contributed by atoms with Crippen molar-refractivity contribution in [3.8, 4) is 21.9 Å². The number of carbonyl (C=O) groups is 1. The summed E-state index contributed by atoms with van der Waals surface area (Å²) < 4.78 is 10.7. The van der Waals surface area contributed by atoms with Crippen LogP contribution >= 0.6 is 11.3 Å². The lowest BCUT2D eigenvalue weighted by molar-refractivity contribution is 0.0956. The Morgan fingerprint density at radius 3 is 2.86 bits per heavy atom. The number of benzene rings is 1. The Morgan fingerprint density at radius 1 is 1.23 bits per heavy atom. The van der Waals surface area contributed by atoms with Crippen LogP contribution in [0.25, 0.3) is 10.4 Å². The lowest BCUT2D eigenvalue weighted by atomic mass is 10.1. The van der Waals surface area contributed by atoms with E-state index in [1.54, 1.807) is 0 Å². The molecule has 2 aromatic rings. The van der Waals surface area contributed by atoms with Crippen molar-refractivity contribution in [3.05, 3.63) is 35.2 Å². The van der Waals surface area contributed by atoms with Gasteiger partial charge in [-0.2, -0.15) is 0 Å². The fraction of sp³-hybridized carbons (Fsp3) is 0.353. The molecule has 1 N–H and O–H groups in total. The number of hydrogen-bond acceptors (Lipinski definition) is 4. The zero-order chi connectivity index (χ0) is 15.5. The van der Waals surface area contributed by atoms with Gasteiger partial charge in [-0.1, -0.05) is 13.8 Å². The molecule has 0 saturated heterocycles. The number of fused-ring (bicyclic) bond motifs is 1. The van der Waals surface area contributed by atoms with Gasteiger partial charge in [0.15, 0.2) is 11.5 Å². The van der Waals surface area contributed by atoms with Gasteiger partial charge in [0.25, 0.3) is 5.91 Å². The predicted molar refractivity (Wildman–Crippen MR) is 87.7 cm³/mol. The lowest BCUT2D eigenvalue weighted by Crippen LogP contribution is -2.24. The van der Waals surface area contributed by atoms with Gasteiger partial charge in [-0.15, -0.1) is 11.3 Å². The smallest absolute Gasteiger partial charge is 0.261 e. The highest BCUT2D eigenvalue weighted by atomic mass is 32.1. The van der Waals surface area contributed by atoms with E-state index in [2.05, 4.69) is 19.2 Å². The first-order valence-corrected chi connectivity index (χ1v) is 8.23. The zero-order valence-corrected chi connectivity index (χ0v) is 13.5. The fourth-order valence-corrected chi connectivity index (χ4v) is 3.15. The van der Waals surface area contributed by atoms with Crippen molar-refractivity contribution in [1.82, 2.24) is 5.32 Å². The lowest BCUT2D eigenvalue weighted by Gasteiger charge is -2.05. The van der Waals surface area contributed by atoms with E-state index in [4.69, 9.17) is 9.47 Å². The summed E-state index contributed by atoms with van der Waals surface area (Å²) in [4.78, 5) is 13.9. The summed E-state index contributed by atoms with van der Waals surface area (Å²) in [5.41, 5.74) is 1.04. The summed E-state index contributed by atoms with van der Waals surface area (Å²) in [6.07, 6.45) is 0.992. The van der Waals surface area contributed by atoms with Gasteiger partial charge in [0.1, 0.15) is 0 Å². The maximum Gasteiger partial charge on any atom is 0.261 e. The van der Waals surface area contributed by atoms with Crippen molar-refractivity contribution in [2.45, 2.75) is 20.3 Å². The van der Waals surface area contributed by atoms with E-state index in [1.807, 2.05) is 30.3 Å². The van der Waals surface area contributed by atoms with Gasteiger partial charge < -0.3 is 14.8 Å². The monoisotopic (exact) mass is 317 g/mol. The van der Waals surface area contributed by atoms with Crippen LogP contribution in [0, 0.1) is 5.92 Å². The number of amides is 1. The van der Waals surface area contributed by atoms with Crippen LogP contribution in [-0.4, -0.2) is 19.2 Å². The van der Waals surface area contributed by atoms with E-state index in [1.165, 1.54) is 11.3 Å². The first-order chi connectivity index (χ1) is 10.6. The van der Waals surface area contributed by atoms with Gasteiger partial charge in [-0.05, 0) is 48.2 Å². The average molecular weight is 317 g/mol. The second-order valence-corrected chi connectivity index (χ2v) is 6.75. The Labute approximate surface area is 134 Å². The number of carbonyl (C=O) groups excluding carboxylic acids is 1. The van der Waals surface area contributed by atoms with Gasteiger partial charge in [0.2, 0.25) is 6.79 Å². The highest BCUT2D eigenvalue weighted by Gasteiger charge is 2.15. The molecule has 1 aliphatic rings. The number of ether oxygens (including phenoxy) is 2. The minimum absolute atomic E-state index is 0.00218. The highest BCUT2D eigenvalue weighted by molar-refractivity contribution is 7.17. The van der Waals surface area contributed by atoms with Crippen LogP contribution < -0.4 is 14.8 Å². The summed E-state index contributed by atoms with van der Waals surface area (Å²) in [5, 5.41) is 2.96. The van der Waals surface area contributed by atoms with Gasteiger partial charge in [0.05, 0.1) is 4.88 Å². The Morgan fingerprint density at radius 2 is 2.05 bits per heavy atom. The molecule has 3 rings (SSSR count). The van der Waals surface area contributed by atoms with Gasteiger partial charge in [-0.3, -0.25) is 4.79 Å². The summed E-state index contributed by atoms with van der Waals surface area (Å²) in [7, 11) is 0. The minimum Gasteiger partial charge on any atom is -0.454 e. The van der Waals surface area contributed by atoms with E-state index in [-0.39, 0.29) is 12.7 Å². The van der Waals surface area contributed by atoms with E-state index in [0.29, 0.717) is 12.5 Å². The summed E-state index contributed by atoms with van der Waals surface area (Å²) >= 11 is 1.49. The number of rotatable bonds is 5. The molecule has 0 unspecified atom stereocenters. The van der Waals surface area contributed by atoms with Crippen LogP contribution in [0.4, 0.5) is 0 Å². The summed E-state index contributed by atoms with van der Waals surface area (Å²) in [6.45, 7) is 5.28. The highest BCUT2D eigenvalue weighted by Crippen LogP contribution is 2.37. The quantitative estimate of drug-likeness (QED) is 0.909. The second kappa shape index (κ2) is 6.40. The number of nitrogens with one attached hydrogen (secondary N) is 1. The Bertz CT molecular complexity index is 678. The summed E-state index contributed by atoms with van der Waals surface area (Å²) in [5.74, 6) is 2.12. The van der Waals surface area contributed by atoms with Gasteiger partial charge in [0, 0.05) is 11.4 Å². The van der Waals surface area contributed by atoms with Crippen molar-refractivity contribution < 1.29 is 14.3 Å². The molecular weight excluding hydrogens is 298 g/mol. The second-order valence-electron chi connectivity index (χ2n) is 5.67. The van der Waals surface area contributed by atoms with E-state index < -0.39 is 0 Å². The molecular formula is C17H19NO3S. The number of thiophene rings is 1. The third-order valence-electron chi connectivity index (χ3n) is 3.49. The third-order valence-corrected chi connectivity index (χ3v) is 4.63. The molecule has 0 atom stereocenters. The Balaban J connectivity index is 1.69. The molecule has 0 radical (unpaired) electrons. The molecule has 1 aromatic carbocycles. The van der Waals surface area contributed by atoms with Crippen LogP contribution in [0.3, 0.4) is 0 Å². The fourth-order valence-electron chi connectivity index (χ4n) is 2.23. The first kappa shape index (κ1) is 14.9. The van der Waals surface area contributed by atoms with E-state index in [0.717, 1.165) is 33.2 Å². The SMILES string of the molecule is CC(C)CCNC(=O)c1ccc(-c2ccc3c(c2)OCO3)s1. The van der Waals surface area contributed by atoms with E-state index in [9.17, 15) is 4.79 Å². The molecule has 5 heteroatoms. The Kier molecular flexibility index (Phi) is 4.34. The molecule has 0 bridgehead atoms. The summed E-state index contributed by atoms with van der Waals surface area (Å²) in [6, 6.07) is 9.68. The molecule has 116 valence electrons. The van der Waals surface area contributed by atoms with Gasteiger partial charge in [-0.25, -0.2) is 0 Å². The van der Waals surface area contributed by atoms with Crippen LogP contribution in [0.1, 0.15) is 29.9 Å². The molecule has 0 saturated carbocycles. The van der Waals surface area contributed by atoms with Crippen LogP contribution in [0.5, 0.6) is 11.5 Å². The maximum absolute atomic E-state index is 12.1. The van der Waals surface area contributed by atoms with Gasteiger partial charge >= 0.3 is 0 Å². The molecule has 0 fully saturated rings. The molecule has 1 aromatic heterocycles. The molecule has 0 aliphatic carbocycles. The van der Waals surface area contributed by atoms with Crippen molar-refractivity contribution in [3.63, 3.8) is 0 Å². The standard InChI is InChI=1S/C17H19NO3S/c1-11(2)7-8-18-17(19)16-6-5-15(22-16)12-3-4-13-14(9-12)21-10-20-13/h3-6,9,11H,7-8,10H2,1-2H3,(H,18,19). The third kappa shape index (κ3) is 3.25. The topological polar surface area (TPSA) is 47.6 Å². The Hall–Kier alpha value is -2.01. The van der Waals surface area contributed by atoms with Crippen LogP contribution in [0.2, 0.25) is 0 Å². The zero-order valence-electron chi connectivity index (χ0n) is 12.7. The van der Waals surface area contributed by atoms with E-state index >= 15 is 0 Å². The van der Waals surface area contributed by atoms with Crippen molar-refractivity contribution in [2.24, 2.45) is 5.92 Å². The average Bonchev–Trinajstić information content (AvgIpc) is 3.15. The van der Waals surface area contributed by atoms with Crippen molar-refractivity contribution in [2.75, 3.05) is 13.3 Å². The van der Waals surface area contributed by atoms with Crippen molar-refractivity contribution >= 4 is 17.2 Å². The molecule has 2 heterocycles. The van der Waals surface area contributed by atoms with Crippen LogP contribution in [-0.2, 0) is 0 Å². The molecule has 0 spiro atoms. The predicted octanol–water partition coefficient (Wildman–Crippen LogP) is 3.92. The molecule has 1 amide bonds. The van der Waals surface area contributed by atoms with Crippen molar-refractivity contribution in [1.29, 1.82) is 0 Å². The normalized spacial score (nSPS) is 12.7. The van der Waals surface area contributed by atoms with Crippen LogP contribution in [0.15, 0.2) is 30.3 Å². The molecule has 22 heavy (non-hydrogen) atoms. The first-order valence-electron chi connectivity index (χ1n) is 7.41. The molecule has 4 nitrogen and oxygen atoms in total. The number of hydrogen-bond donors (Lipinski definition) is 1.